The van der Waals surface area contributed by atoms with Crippen molar-refractivity contribution in [3.63, 3.8) is 0 Å². The van der Waals surface area contributed by atoms with Gasteiger partial charge >= 0.3 is 5.69 Å². The first-order chi connectivity index (χ1) is 6.33. The highest BCUT2D eigenvalue weighted by Crippen LogP contribution is 2.08. The molecule has 1 aromatic carbocycles. The van der Waals surface area contributed by atoms with Gasteiger partial charge in [0.05, 0.1) is 17.6 Å². The van der Waals surface area contributed by atoms with Gasteiger partial charge in [0.15, 0.2) is 0 Å². The van der Waals surface area contributed by atoms with Crippen LogP contribution in [-0.2, 0) is 0 Å². The van der Waals surface area contributed by atoms with E-state index in [0.29, 0.717) is 0 Å². The van der Waals surface area contributed by atoms with Crippen LogP contribution in [-0.4, -0.2) is 9.55 Å². The number of hydrogen-bond acceptors (Lipinski definition) is 1. The minimum absolute atomic E-state index is 0.138. The Labute approximate surface area is 75.3 Å². The van der Waals surface area contributed by atoms with Gasteiger partial charge in [0.2, 0.25) is 0 Å². The second-order valence-electron chi connectivity index (χ2n) is 2.70. The Kier molecular flexibility index (Phi) is 1.77. The molecule has 2 rings (SSSR count). The van der Waals surface area contributed by atoms with Gasteiger partial charge in [0.25, 0.3) is 0 Å². The molecule has 3 nitrogen and oxygen atoms in total. The van der Waals surface area contributed by atoms with Gasteiger partial charge in [-0.25, -0.2) is 4.79 Å². The van der Waals surface area contributed by atoms with Crippen LogP contribution in [0.3, 0.4) is 0 Å². The number of para-hydroxylation sites is 2. The number of H-pyrrole nitrogens is 1. The molecule has 3 heteroatoms. The lowest BCUT2D eigenvalue weighted by Crippen LogP contribution is -2.13. The second-order valence-corrected chi connectivity index (χ2v) is 2.70. The van der Waals surface area contributed by atoms with E-state index in [1.54, 1.807) is 12.6 Å². The largest absolute Gasteiger partial charge is 0.327 e. The average Bonchev–Trinajstić information content (AvgIpc) is 2.44. The zero-order valence-electron chi connectivity index (χ0n) is 7.03. The number of nitrogens with zero attached hydrogens (tertiary/aromatic N) is 1. The van der Waals surface area contributed by atoms with Crippen molar-refractivity contribution >= 4 is 11.0 Å². The number of hydrogen-bond donors (Lipinski definition) is 1. The second kappa shape index (κ2) is 2.94. The third-order valence-corrected chi connectivity index (χ3v) is 1.88. The molecule has 0 amide bonds. The molecule has 1 radical (unpaired) electrons. The van der Waals surface area contributed by atoms with Crippen molar-refractivity contribution in [3.8, 4) is 0 Å². The van der Waals surface area contributed by atoms with E-state index in [1.807, 2.05) is 24.3 Å². The molecule has 0 aliphatic carbocycles. The predicted octanol–water partition coefficient (Wildman–Crippen LogP) is 1.53. The third kappa shape index (κ3) is 1.18. The van der Waals surface area contributed by atoms with Crippen LogP contribution >= 0.6 is 0 Å². The molecule has 0 saturated carbocycles. The summed E-state index contributed by atoms with van der Waals surface area (Å²) < 4.78 is 1.53. The van der Waals surface area contributed by atoms with Crippen LogP contribution in [0.5, 0.6) is 0 Å². The topological polar surface area (TPSA) is 37.8 Å². The van der Waals surface area contributed by atoms with Crippen molar-refractivity contribution in [1.29, 1.82) is 0 Å². The zero-order valence-corrected chi connectivity index (χ0v) is 7.03. The molecule has 0 aliphatic rings. The van der Waals surface area contributed by atoms with Gasteiger partial charge in [-0.2, -0.15) is 0 Å². The van der Waals surface area contributed by atoms with Crippen molar-refractivity contribution in [1.82, 2.24) is 9.55 Å². The summed E-state index contributed by atoms with van der Waals surface area (Å²) in [6.45, 7) is 5.19. The van der Waals surface area contributed by atoms with Crippen molar-refractivity contribution in [2.75, 3.05) is 0 Å². The van der Waals surface area contributed by atoms with Crippen LogP contribution in [0.4, 0.5) is 0 Å². The highest BCUT2D eigenvalue weighted by molar-refractivity contribution is 5.75. The van der Waals surface area contributed by atoms with Gasteiger partial charge in [0.1, 0.15) is 0 Å². The molecule has 0 fully saturated rings. The first-order valence-corrected chi connectivity index (χ1v) is 3.98. The highest BCUT2D eigenvalue weighted by Gasteiger charge is 2.02. The van der Waals surface area contributed by atoms with E-state index in [4.69, 9.17) is 0 Å². The molecule has 0 bridgehead atoms. The Balaban J connectivity index is 2.78. The lowest BCUT2D eigenvalue weighted by molar-refractivity contribution is 0.966. The minimum atomic E-state index is -0.138. The monoisotopic (exact) mass is 173 g/mol. The first kappa shape index (κ1) is 7.86. The lowest BCUT2D eigenvalue weighted by Gasteiger charge is -1.95. The Morgan fingerprint density at radius 1 is 1.38 bits per heavy atom. The first-order valence-electron chi connectivity index (χ1n) is 3.98. The Morgan fingerprint density at radius 3 is 2.92 bits per heavy atom. The SMILES string of the molecule is C=C[CH]n1c(=O)[nH]c2ccccc21. The maximum atomic E-state index is 11.4. The highest BCUT2D eigenvalue weighted by atomic mass is 16.1. The molecule has 0 aliphatic heterocycles. The number of allylic oxidation sites excluding steroid dienone is 1. The Hall–Kier alpha value is -1.77. The van der Waals surface area contributed by atoms with E-state index in [2.05, 4.69) is 11.6 Å². The molecule has 1 heterocycles. The number of nitrogens with one attached hydrogen (secondary N) is 1. The molecule has 0 saturated heterocycles. The van der Waals surface area contributed by atoms with Gasteiger partial charge in [-0.3, -0.25) is 4.57 Å². The Morgan fingerprint density at radius 2 is 2.15 bits per heavy atom. The van der Waals surface area contributed by atoms with Crippen LogP contribution in [0.1, 0.15) is 0 Å². The number of imidazole rings is 1. The van der Waals surface area contributed by atoms with Crippen molar-refractivity contribution < 1.29 is 0 Å². The van der Waals surface area contributed by atoms with Crippen LogP contribution in [0.2, 0.25) is 0 Å². The number of fused-ring (bicyclic) bond motifs is 1. The normalized spacial score (nSPS) is 10.5. The summed E-state index contributed by atoms with van der Waals surface area (Å²) in [5.41, 5.74) is 1.57. The van der Waals surface area contributed by atoms with Crippen LogP contribution in [0.15, 0.2) is 41.7 Å². The van der Waals surface area contributed by atoms with E-state index in [9.17, 15) is 4.79 Å². The van der Waals surface area contributed by atoms with Crippen LogP contribution in [0.25, 0.3) is 11.0 Å². The van der Waals surface area contributed by atoms with E-state index < -0.39 is 0 Å². The molecular weight excluding hydrogens is 164 g/mol. The van der Waals surface area contributed by atoms with E-state index in [1.165, 1.54) is 4.57 Å². The summed E-state index contributed by atoms with van der Waals surface area (Å²) >= 11 is 0. The van der Waals surface area contributed by atoms with Crippen LogP contribution in [0, 0.1) is 6.54 Å². The van der Waals surface area contributed by atoms with Crippen molar-refractivity contribution in [2.24, 2.45) is 0 Å². The summed E-state index contributed by atoms with van der Waals surface area (Å²) in [6, 6.07) is 7.52. The van der Waals surface area contributed by atoms with Gasteiger partial charge in [-0.1, -0.05) is 18.2 Å². The third-order valence-electron chi connectivity index (χ3n) is 1.88. The van der Waals surface area contributed by atoms with Crippen molar-refractivity contribution in [3.05, 3.63) is 53.9 Å². The minimum Gasteiger partial charge on any atom is -0.306 e. The number of aromatic nitrogens is 2. The Bertz CT molecular complexity index is 493. The summed E-state index contributed by atoms with van der Waals surface area (Å²) in [7, 11) is 0. The standard InChI is InChI=1S/C10H9N2O/c1-2-7-12-9-6-4-3-5-8(9)11-10(12)13/h2-7H,1H2,(H,11,13). The molecule has 65 valence electrons. The summed E-state index contributed by atoms with van der Waals surface area (Å²) in [6.07, 6.45) is 1.58. The van der Waals surface area contributed by atoms with Gasteiger partial charge in [0, 0.05) is 0 Å². The quantitative estimate of drug-likeness (QED) is 0.734. The fraction of sp³-hybridized carbons (Fsp3) is 0. The summed E-state index contributed by atoms with van der Waals surface area (Å²) in [4.78, 5) is 14.1. The smallest absolute Gasteiger partial charge is 0.306 e. The molecule has 0 atom stereocenters. The van der Waals surface area contributed by atoms with E-state index in [-0.39, 0.29) is 5.69 Å². The summed E-state index contributed by atoms with van der Waals surface area (Å²) in [5.74, 6) is 0. The number of aromatic amines is 1. The zero-order chi connectivity index (χ0) is 9.26. The average molecular weight is 173 g/mol. The van der Waals surface area contributed by atoms with E-state index >= 15 is 0 Å². The fourth-order valence-corrected chi connectivity index (χ4v) is 1.33. The van der Waals surface area contributed by atoms with Crippen molar-refractivity contribution in [2.45, 2.75) is 0 Å². The maximum Gasteiger partial charge on any atom is 0.327 e. The van der Waals surface area contributed by atoms with Crippen LogP contribution < -0.4 is 5.69 Å². The maximum absolute atomic E-state index is 11.4. The predicted molar refractivity (Wildman–Crippen MR) is 52.5 cm³/mol. The molecule has 0 spiro atoms. The molecule has 13 heavy (non-hydrogen) atoms. The molecule has 2 aromatic rings. The van der Waals surface area contributed by atoms with E-state index in [0.717, 1.165) is 11.0 Å². The molecule has 0 unspecified atom stereocenters. The van der Waals surface area contributed by atoms with Gasteiger partial charge < -0.3 is 4.98 Å². The number of rotatable bonds is 2. The molecule has 1 N–H and O–H groups in total. The lowest BCUT2D eigenvalue weighted by atomic mass is 10.3. The summed E-state index contributed by atoms with van der Waals surface area (Å²) in [5, 5.41) is 0. The van der Waals surface area contributed by atoms with Gasteiger partial charge in [-0.05, 0) is 12.1 Å². The molecular formula is C10H9N2O. The molecule has 1 aromatic heterocycles. The van der Waals surface area contributed by atoms with Gasteiger partial charge in [-0.15, -0.1) is 6.58 Å². The fourth-order valence-electron chi connectivity index (χ4n) is 1.33. The number of benzene rings is 1.